The van der Waals surface area contributed by atoms with E-state index < -0.39 is 0 Å². The topological polar surface area (TPSA) is 0 Å². The van der Waals surface area contributed by atoms with Crippen molar-refractivity contribution in [1.82, 2.24) is 0 Å². The monoisotopic (exact) mass is 295 g/mol. The molecular weight excluding hydrogens is 295 g/mol. The van der Waals surface area contributed by atoms with E-state index in [0.717, 1.165) is 0 Å². The number of hydrogen-bond acceptors (Lipinski definition) is 0. The maximum Gasteiger partial charge on any atom is 0 e. The van der Waals surface area contributed by atoms with Crippen LogP contribution in [0.2, 0.25) is 0 Å². The second-order valence-corrected chi connectivity index (χ2v) is 0. The van der Waals surface area contributed by atoms with E-state index >= 15 is 0 Å². The predicted molar refractivity (Wildman–Crippen MR) is 23.0 cm³/mol. The zero-order valence-corrected chi connectivity index (χ0v) is 13.2. The maximum atomic E-state index is 0. The van der Waals surface area contributed by atoms with Crippen LogP contribution in [-0.2, 0) is 0 Å². The third-order valence-electron chi connectivity index (χ3n) is 0. The van der Waals surface area contributed by atoms with Crippen LogP contribution < -0.4 is 0 Å². The van der Waals surface area contributed by atoms with E-state index in [2.05, 4.69) is 0 Å². The molecule has 0 bridgehead atoms. The molecule has 0 amide bonds. The molecule has 0 spiro atoms. The average molecular weight is 295 g/mol. The normalized spacial score (nSPS) is 0. The summed E-state index contributed by atoms with van der Waals surface area (Å²) in [5, 5.41) is 0. The zero-order chi connectivity index (χ0) is 0. The number of rotatable bonds is 0. The Balaban J connectivity index is 0. The third-order valence-corrected chi connectivity index (χ3v) is 0. The smallest absolute Gasteiger partial charge is 0 e. The first-order chi connectivity index (χ1) is 0. The molecule has 0 nitrogen and oxygen atoms in total. The van der Waals surface area contributed by atoms with Crippen LogP contribution in [0.5, 0.6) is 0 Å². The van der Waals surface area contributed by atoms with Crippen molar-refractivity contribution in [2.75, 3.05) is 0 Å². The molecule has 0 N–H and O–H groups in total. The van der Waals surface area contributed by atoms with Crippen LogP contribution in [0.4, 0.5) is 0 Å². The molecule has 0 rings (SSSR count). The number of hydrogen-bond donors (Lipinski definition) is 0. The van der Waals surface area contributed by atoms with Crippen molar-refractivity contribution in [2.45, 2.75) is 0 Å². The predicted octanol–water partition coefficient (Wildman–Crippen LogP) is -1.52. The minimum Gasteiger partial charge on any atom is 0 e. The summed E-state index contributed by atoms with van der Waals surface area (Å²) in [4.78, 5) is 0. The van der Waals surface area contributed by atoms with Gasteiger partial charge in [-0.3, -0.25) is 0 Å². The Bertz CT molecular complexity index is 8.00. The van der Waals surface area contributed by atoms with E-state index in [4.69, 9.17) is 0 Å². The molecule has 0 aromatic rings. The van der Waals surface area contributed by atoms with Gasteiger partial charge in [0.15, 0.2) is 0 Å². The van der Waals surface area contributed by atoms with Gasteiger partial charge in [0, 0.05) is 130 Å². The molecule has 0 aliphatic rings. The van der Waals surface area contributed by atoms with Gasteiger partial charge in [0.2, 0.25) is 0 Å². The van der Waals surface area contributed by atoms with E-state index in [1.807, 2.05) is 0 Å². The van der Waals surface area contributed by atoms with E-state index in [-0.39, 0.29) is 130 Å². The van der Waals surface area contributed by atoms with Gasteiger partial charge in [-0.25, -0.2) is 0 Å². The van der Waals surface area contributed by atoms with Crippen molar-refractivity contribution in [3.05, 3.63) is 0 Å². The van der Waals surface area contributed by atoms with Gasteiger partial charge in [-0.1, -0.05) is 0 Å². The second-order valence-electron chi connectivity index (χ2n) is 0. The fourth-order valence-corrected chi connectivity index (χ4v) is 0. The molecule has 4 heavy (non-hydrogen) atoms. The SMILES string of the molecule is [Bi].[K].[Mg].[Na]. The van der Waals surface area contributed by atoms with Gasteiger partial charge in [0.25, 0.3) is 0 Å². The first-order valence-corrected chi connectivity index (χ1v) is 0. The van der Waals surface area contributed by atoms with Crippen molar-refractivity contribution >= 4 is 130 Å². The Morgan fingerprint density at radius 1 is 1.00 bits per heavy atom. The van der Waals surface area contributed by atoms with E-state index in [1.54, 1.807) is 0 Å². The molecule has 0 aromatic carbocycles. The zero-order valence-electron chi connectivity index (χ0n) is 3.15. The van der Waals surface area contributed by atoms with Gasteiger partial charge in [-0.05, 0) is 0 Å². The standard InChI is InChI=1S/Bi.K.Mg.Na. The Labute approximate surface area is 126 Å². The van der Waals surface area contributed by atoms with Crippen LogP contribution in [0.1, 0.15) is 0 Å². The molecule has 0 heterocycles. The van der Waals surface area contributed by atoms with Gasteiger partial charge < -0.3 is 0 Å². The van der Waals surface area contributed by atoms with Crippen molar-refractivity contribution in [2.24, 2.45) is 0 Å². The van der Waals surface area contributed by atoms with Gasteiger partial charge in [0.05, 0.1) is 0 Å². The van der Waals surface area contributed by atoms with Gasteiger partial charge in [-0.2, -0.15) is 0 Å². The molecule has 0 saturated heterocycles. The summed E-state index contributed by atoms with van der Waals surface area (Å²) in [5.41, 5.74) is 0. The summed E-state index contributed by atoms with van der Waals surface area (Å²) in [5.74, 6) is 0. The van der Waals surface area contributed by atoms with E-state index in [9.17, 15) is 0 Å². The molecule has 0 saturated carbocycles. The van der Waals surface area contributed by atoms with E-state index in [1.165, 1.54) is 0 Å². The van der Waals surface area contributed by atoms with E-state index in [0.29, 0.717) is 0 Å². The molecule has 0 fully saturated rings. The minimum absolute atomic E-state index is 0. The third kappa shape index (κ3) is 9.56. The van der Waals surface area contributed by atoms with Crippen LogP contribution in [0.3, 0.4) is 0 Å². The first kappa shape index (κ1) is 23.9. The Morgan fingerprint density at radius 2 is 1.00 bits per heavy atom. The quantitative estimate of drug-likeness (QED) is 0.476. The van der Waals surface area contributed by atoms with Crippen LogP contribution in [0.15, 0.2) is 0 Å². The van der Waals surface area contributed by atoms with Crippen LogP contribution in [-0.4, -0.2) is 130 Å². The molecule has 7 radical (unpaired) electrons. The summed E-state index contributed by atoms with van der Waals surface area (Å²) >= 11 is 0. The largest absolute Gasteiger partial charge is 0 e. The second kappa shape index (κ2) is 15.7. The first-order valence-electron chi connectivity index (χ1n) is 0. The van der Waals surface area contributed by atoms with Gasteiger partial charge in [0.1, 0.15) is 0 Å². The van der Waals surface area contributed by atoms with Crippen LogP contribution in [0.25, 0.3) is 0 Å². The van der Waals surface area contributed by atoms with Gasteiger partial charge in [-0.15, -0.1) is 0 Å². The molecule has 0 aliphatic heterocycles. The Kier molecular flexibility index (Phi) is 93.8. The molecule has 9 valence electrons. The fourth-order valence-electron chi connectivity index (χ4n) is 0. The molecule has 4 heteroatoms. The van der Waals surface area contributed by atoms with Crippen molar-refractivity contribution in [1.29, 1.82) is 0 Å². The summed E-state index contributed by atoms with van der Waals surface area (Å²) in [6.07, 6.45) is 0. The Hall–Kier alpha value is 4.29. The van der Waals surface area contributed by atoms with Crippen molar-refractivity contribution < 1.29 is 0 Å². The summed E-state index contributed by atoms with van der Waals surface area (Å²) < 4.78 is 0. The summed E-state index contributed by atoms with van der Waals surface area (Å²) in [6.45, 7) is 0. The molecule has 0 aromatic heterocycles. The molecule has 0 atom stereocenters. The summed E-state index contributed by atoms with van der Waals surface area (Å²) in [7, 11) is 0. The van der Waals surface area contributed by atoms with Gasteiger partial charge >= 0.3 is 0 Å². The molecular formula is BiKMgNa. The maximum absolute atomic E-state index is 0. The van der Waals surface area contributed by atoms with Crippen molar-refractivity contribution in [3.63, 3.8) is 0 Å². The Morgan fingerprint density at radius 3 is 1.00 bits per heavy atom. The minimum atomic E-state index is 0. The van der Waals surface area contributed by atoms with Crippen LogP contribution in [0, 0.1) is 0 Å². The fraction of sp³-hybridized carbons (Fsp3) is 0. The average Bonchev–Trinajstić information content (AvgIpc) is 0. The molecule has 0 aliphatic carbocycles. The van der Waals surface area contributed by atoms with Crippen molar-refractivity contribution in [3.8, 4) is 0 Å². The summed E-state index contributed by atoms with van der Waals surface area (Å²) in [6, 6.07) is 0. The van der Waals surface area contributed by atoms with Crippen LogP contribution >= 0.6 is 0 Å². The molecule has 0 unspecified atom stereocenters.